The number of hydrogen-bond acceptors (Lipinski definition) is 5. The van der Waals surface area contributed by atoms with Crippen LogP contribution in [0.15, 0.2) is 78.9 Å². The van der Waals surface area contributed by atoms with Gasteiger partial charge in [0.2, 0.25) is 5.91 Å². The minimum atomic E-state index is -0.538. The zero-order chi connectivity index (χ0) is 23.9. The van der Waals surface area contributed by atoms with Crippen molar-refractivity contribution in [2.75, 3.05) is 31.0 Å². The van der Waals surface area contributed by atoms with Crippen LogP contribution in [0.1, 0.15) is 17.2 Å². The zero-order valence-electron chi connectivity index (χ0n) is 18.8. The molecule has 3 aromatic carbocycles. The third-order valence-corrected chi connectivity index (χ3v) is 5.68. The van der Waals surface area contributed by atoms with Crippen LogP contribution in [-0.4, -0.2) is 48.3 Å². The number of nitrogens with zero attached hydrogens (tertiary/aromatic N) is 1. The smallest absolute Gasteiger partial charge is 0.323 e. The number of benzene rings is 3. The summed E-state index contributed by atoms with van der Waals surface area (Å²) in [7, 11) is 1.60. The fourth-order valence-electron chi connectivity index (χ4n) is 3.92. The molecule has 0 bridgehead atoms. The number of rotatable bonds is 7. The van der Waals surface area contributed by atoms with Crippen LogP contribution in [-0.2, 0) is 16.1 Å². The molecule has 1 aliphatic heterocycles. The highest BCUT2D eigenvalue weighted by Crippen LogP contribution is 2.31. The Morgan fingerprint density at radius 1 is 1.00 bits per heavy atom. The molecule has 1 aliphatic rings. The van der Waals surface area contributed by atoms with Crippen molar-refractivity contribution in [1.29, 1.82) is 0 Å². The van der Waals surface area contributed by atoms with Gasteiger partial charge in [-0.25, -0.2) is 4.79 Å². The van der Waals surface area contributed by atoms with Crippen molar-refractivity contribution in [3.05, 3.63) is 90.0 Å². The molecule has 2 unspecified atom stereocenters. The van der Waals surface area contributed by atoms with Crippen LogP contribution in [0, 0.1) is 0 Å². The molecule has 1 saturated heterocycles. The van der Waals surface area contributed by atoms with Crippen molar-refractivity contribution < 1.29 is 24.2 Å². The third kappa shape index (κ3) is 5.54. The van der Waals surface area contributed by atoms with Gasteiger partial charge in [-0.1, -0.05) is 42.5 Å². The molecule has 34 heavy (non-hydrogen) atoms. The second kappa shape index (κ2) is 10.8. The molecule has 1 heterocycles. The number of nitrogens with one attached hydrogen (secondary N) is 2. The van der Waals surface area contributed by atoms with Gasteiger partial charge in [0.15, 0.2) is 0 Å². The van der Waals surface area contributed by atoms with Crippen LogP contribution in [0.25, 0.3) is 0 Å². The maximum absolute atomic E-state index is 12.6. The molecule has 0 radical (unpaired) electrons. The summed E-state index contributed by atoms with van der Waals surface area (Å²) in [6.45, 7) is 0.0378. The van der Waals surface area contributed by atoms with Crippen LogP contribution < -0.4 is 15.4 Å². The molecule has 2 atom stereocenters. The summed E-state index contributed by atoms with van der Waals surface area (Å²) in [4.78, 5) is 26.5. The molecule has 0 spiro atoms. The summed E-state index contributed by atoms with van der Waals surface area (Å²) in [5.41, 5.74) is 3.04. The molecule has 8 heteroatoms. The summed E-state index contributed by atoms with van der Waals surface area (Å²) in [5.74, 6) is 0.557. The van der Waals surface area contributed by atoms with Gasteiger partial charge in [-0.15, -0.1) is 0 Å². The van der Waals surface area contributed by atoms with Crippen molar-refractivity contribution in [3.63, 3.8) is 0 Å². The zero-order valence-corrected chi connectivity index (χ0v) is 18.8. The minimum absolute atomic E-state index is 0.0726. The Morgan fingerprint density at radius 2 is 1.65 bits per heavy atom. The Hall–Kier alpha value is -3.88. The van der Waals surface area contributed by atoms with E-state index < -0.39 is 12.1 Å². The molecule has 8 nitrogen and oxygen atoms in total. The number of aliphatic hydroxyl groups excluding tert-OH is 1. The van der Waals surface area contributed by atoms with Crippen molar-refractivity contribution in [3.8, 4) is 5.75 Å². The standard InChI is InChI=1S/C26H27N3O5/c1-33-22-13-7-18(8-14-22)15-29-23(16-30)25(34-17-24(29)31)19-9-11-21(12-10-19)28-26(32)27-20-5-3-2-4-6-20/h2-14,23,25,30H,15-17H2,1H3,(H2,27,28,32). The van der Waals surface area contributed by atoms with Crippen LogP contribution >= 0.6 is 0 Å². The Labute approximate surface area is 198 Å². The maximum atomic E-state index is 12.6. The molecular formula is C26H27N3O5. The summed E-state index contributed by atoms with van der Waals surface area (Å²) < 4.78 is 11.0. The van der Waals surface area contributed by atoms with Crippen molar-refractivity contribution in [2.24, 2.45) is 0 Å². The average molecular weight is 462 g/mol. The van der Waals surface area contributed by atoms with E-state index in [1.165, 1.54) is 0 Å². The predicted octanol–water partition coefficient (Wildman–Crippen LogP) is 3.80. The third-order valence-electron chi connectivity index (χ3n) is 5.68. The number of morpholine rings is 1. The van der Waals surface area contributed by atoms with E-state index >= 15 is 0 Å². The van der Waals surface area contributed by atoms with Crippen LogP contribution in [0.4, 0.5) is 16.2 Å². The molecule has 0 aromatic heterocycles. The van der Waals surface area contributed by atoms with Crippen LogP contribution in [0.2, 0.25) is 0 Å². The van der Waals surface area contributed by atoms with Gasteiger partial charge in [0.1, 0.15) is 18.5 Å². The van der Waals surface area contributed by atoms with E-state index in [9.17, 15) is 14.7 Å². The molecule has 3 amide bonds. The summed E-state index contributed by atoms with van der Waals surface area (Å²) in [6.07, 6.45) is -0.492. The monoisotopic (exact) mass is 461 g/mol. The van der Waals surface area contributed by atoms with Gasteiger partial charge in [-0.2, -0.15) is 0 Å². The van der Waals surface area contributed by atoms with Crippen LogP contribution in [0.5, 0.6) is 5.75 Å². The van der Waals surface area contributed by atoms with Crippen molar-refractivity contribution in [2.45, 2.75) is 18.7 Å². The number of carbonyl (C=O) groups is 2. The highest BCUT2D eigenvalue weighted by molar-refractivity contribution is 5.99. The van der Waals surface area contributed by atoms with Gasteiger partial charge >= 0.3 is 6.03 Å². The van der Waals surface area contributed by atoms with E-state index in [-0.39, 0.29) is 25.2 Å². The largest absolute Gasteiger partial charge is 0.497 e. The van der Waals surface area contributed by atoms with E-state index in [1.807, 2.05) is 54.6 Å². The first-order valence-electron chi connectivity index (χ1n) is 11.0. The molecule has 4 rings (SSSR count). The number of methoxy groups -OCH3 is 1. The van der Waals surface area contributed by atoms with Gasteiger partial charge in [0, 0.05) is 17.9 Å². The molecule has 1 fully saturated rings. The van der Waals surface area contributed by atoms with Gasteiger partial charge in [-0.3, -0.25) is 4.79 Å². The topological polar surface area (TPSA) is 100 Å². The number of anilines is 2. The number of hydrogen-bond donors (Lipinski definition) is 3. The summed E-state index contributed by atoms with van der Waals surface area (Å²) in [5, 5.41) is 15.7. The van der Waals surface area contributed by atoms with Crippen LogP contribution in [0.3, 0.4) is 0 Å². The Morgan fingerprint density at radius 3 is 2.26 bits per heavy atom. The number of aliphatic hydroxyl groups is 1. The quantitative estimate of drug-likeness (QED) is 0.497. The number of carbonyl (C=O) groups excluding carboxylic acids is 2. The van der Waals surface area contributed by atoms with E-state index in [2.05, 4.69) is 10.6 Å². The van der Waals surface area contributed by atoms with E-state index in [1.54, 1.807) is 36.3 Å². The van der Waals surface area contributed by atoms with E-state index in [0.717, 1.165) is 16.9 Å². The molecule has 0 aliphatic carbocycles. The Bertz CT molecular complexity index is 1100. The van der Waals surface area contributed by atoms with Crippen molar-refractivity contribution in [1.82, 2.24) is 4.90 Å². The first-order chi connectivity index (χ1) is 16.6. The molecular weight excluding hydrogens is 434 g/mol. The lowest BCUT2D eigenvalue weighted by molar-refractivity contribution is -0.162. The lowest BCUT2D eigenvalue weighted by atomic mass is 9.98. The fourth-order valence-corrected chi connectivity index (χ4v) is 3.92. The van der Waals surface area contributed by atoms with E-state index in [0.29, 0.717) is 17.9 Å². The Kier molecular flexibility index (Phi) is 7.41. The number of para-hydroxylation sites is 1. The second-order valence-electron chi connectivity index (χ2n) is 7.92. The minimum Gasteiger partial charge on any atom is -0.497 e. The highest BCUT2D eigenvalue weighted by atomic mass is 16.5. The predicted molar refractivity (Wildman–Crippen MR) is 129 cm³/mol. The maximum Gasteiger partial charge on any atom is 0.323 e. The first kappa shape index (κ1) is 23.3. The summed E-state index contributed by atoms with van der Waals surface area (Å²) in [6, 6.07) is 22.9. The lowest BCUT2D eigenvalue weighted by Crippen LogP contribution is -2.52. The molecule has 3 aromatic rings. The van der Waals surface area contributed by atoms with E-state index in [4.69, 9.17) is 9.47 Å². The highest BCUT2D eigenvalue weighted by Gasteiger charge is 2.37. The summed E-state index contributed by atoms with van der Waals surface area (Å²) >= 11 is 0. The van der Waals surface area contributed by atoms with Gasteiger partial charge in [-0.05, 0) is 47.5 Å². The normalized spacial score (nSPS) is 17.8. The fraction of sp³-hybridized carbons (Fsp3) is 0.231. The number of ether oxygens (including phenoxy) is 2. The lowest BCUT2D eigenvalue weighted by Gasteiger charge is -2.40. The van der Waals surface area contributed by atoms with Gasteiger partial charge in [0.05, 0.1) is 19.8 Å². The average Bonchev–Trinajstić information content (AvgIpc) is 2.86. The number of urea groups is 1. The molecule has 0 saturated carbocycles. The molecule has 176 valence electrons. The number of amides is 3. The van der Waals surface area contributed by atoms with Gasteiger partial charge in [0.25, 0.3) is 0 Å². The SMILES string of the molecule is COc1ccc(CN2C(=O)COC(c3ccc(NC(=O)Nc4ccccc4)cc3)C2CO)cc1. The second-order valence-corrected chi connectivity index (χ2v) is 7.92. The van der Waals surface area contributed by atoms with Crippen molar-refractivity contribution >= 4 is 23.3 Å². The molecule has 3 N–H and O–H groups in total. The Balaban J connectivity index is 1.43. The van der Waals surface area contributed by atoms with Gasteiger partial charge < -0.3 is 30.1 Å². The first-order valence-corrected chi connectivity index (χ1v) is 11.0.